The van der Waals surface area contributed by atoms with Crippen LogP contribution < -0.4 is 0 Å². The Hall–Kier alpha value is -1.63. The van der Waals surface area contributed by atoms with Crippen molar-refractivity contribution < 1.29 is 0 Å². The van der Waals surface area contributed by atoms with Gasteiger partial charge in [0.25, 0.3) is 0 Å². The average Bonchev–Trinajstić information content (AvgIpc) is 2.18. The van der Waals surface area contributed by atoms with Gasteiger partial charge in [-0.15, -0.1) is 0 Å². The number of pyridine rings is 1. The van der Waals surface area contributed by atoms with Crippen LogP contribution in [0, 0.1) is 6.08 Å². The molecule has 1 heteroatoms. The first-order valence-electron chi connectivity index (χ1n) is 4.30. The van der Waals surface area contributed by atoms with Gasteiger partial charge in [-0.05, 0) is 19.1 Å². The van der Waals surface area contributed by atoms with E-state index >= 15 is 0 Å². The molecule has 0 saturated heterocycles. The monoisotopic (exact) mass is 168 g/mol. The van der Waals surface area contributed by atoms with Crippen molar-refractivity contribution in [2.45, 2.75) is 6.92 Å². The minimum Gasteiger partial charge on any atom is -0.248 e. The maximum absolute atomic E-state index is 4.42. The third kappa shape index (κ3) is 1.59. The van der Waals surface area contributed by atoms with Crippen LogP contribution in [0.15, 0.2) is 42.5 Å². The highest BCUT2D eigenvalue weighted by atomic mass is 14.7. The highest BCUT2D eigenvalue weighted by molar-refractivity contribution is 5.78. The topological polar surface area (TPSA) is 12.9 Å². The first-order valence-corrected chi connectivity index (χ1v) is 4.30. The molecule has 1 nitrogen and oxygen atoms in total. The second-order valence-electron chi connectivity index (χ2n) is 2.82. The van der Waals surface area contributed by atoms with Gasteiger partial charge in [0.15, 0.2) is 0 Å². The van der Waals surface area contributed by atoms with Crippen LogP contribution in [0.5, 0.6) is 0 Å². The van der Waals surface area contributed by atoms with E-state index in [4.69, 9.17) is 0 Å². The summed E-state index contributed by atoms with van der Waals surface area (Å²) in [5.41, 5.74) is 1.91. The summed E-state index contributed by atoms with van der Waals surface area (Å²) in [6, 6.07) is 12.1. The van der Waals surface area contributed by atoms with Crippen LogP contribution in [-0.4, -0.2) is 4.98 Å². The Labute approximate surface area is 77.7 Å². The molecular weight excluding hydrogens is 158 g/mol. The van der Waals surface area contributed by atoms with Crippen LogP contribution in [0.2, 0.25) is 0 Å². The molecule has 1 aromatic heterocycles. The molecule has 1 heterocycles. The van der Waals surface area contributed by atoms with E-state index in [1.807, 2.05) is 37.3 Å². The largest absolute Gasteiger partial charge is 0.248 e. The fraction of sp³-hybridized carbons (Fsp3) is 0.0833. The quantitative estimate of drug-likeness (QED) is 0.638. The van der Waals surface area contributed by atoms with Crippen molar-refractivity contribution in [1.82, 2.24) is 4.98 Å². The van der Waals surface area contributed by atoms with E-state index in [9.17, 15) is 0 Å². The molecule has 0 spiro atoms. The number of nitrogens with zero attached hydrogens (tertiary/aromatic N) is 1. The second-order valence-corrected chi connectivity index (χ2v) is 2.82. The van der Waals surface area contributed by atoms with Crippen molar-refractivity contribution in [1.29, 1.82) is 0 Å². The Morgan fingerprint density at radius 1 is 1.15 bits per heavy atom. The number of allylic oxidation sites excluding steroid dienone is 1. The molecule has 1 aromatic carbocycles. The highest BCUT2D eigenvalue weighted by Gasteiger charge is 1.93. The highest BCUT2D eigenvalue weighted by Crippen LogP contribution is 2.11. The van der Waals surface area contributed by atoms with E-state index in [1.165, 1.54) is 5.39 Å². The molecule has 0 N–H and O–H groups in total. The van der Waals surface area contributed by atoms with Crippen molar-refractivity contribution >= 4 is 10.9 Å². The molecule has 2 aromatic rings. The SMILES string of the molecule is C/C=[C]/c1ccc2ccccc2n1. The maximum Gasteiger partial charge on any atom is 0.0713 e. The molecule has 0 aliphatic carbocycles. The van der Waals surface area contributed by atoms with Gasteiger partial charge >= 0.3 is 0 Å². The Balaban J connectivity index is 2.62. The summed E-state index contributed by atoms with van der Waals surface area (Å²) in [5.74, 6) is 0. The number of rotatable bonds is 1. The number of benzene rings is 1. The fourth-order valence-electron chi connectivity index (χ4n) is 1.29. The predicted octanol–water partition coefficient (Wildman–Crippen LogP) is 2.96. The van der Waals surface area contributed by atoms with E-state index in [2.05, 4.69) is 23.2 Å². The molecule has 63 valence electrons. The number of para-hydroxylation sites is 1. The van der Waals surface area contributed by atoms with Crippen molar-refractivity contribution in [3.8, 4) is 0 Å². The van der Waals surface area contributed by atoms with Gasteiger partial charge in [0.05, 0.1) is 11.2 Å². The van der Waals surface area contributed by atoms with Crippen LogP contribution in [0.25, 0.3) is 10.9 Å². The van der Waals surface area contributed by atoms with Crippen LogP contribution >= 0.6 is 0 Å². The molecule has 0 amide bonds. The fourth-order valence-corrected chi connectivity index (χ4v) is 1.29. The number of aromatic nitrogens is 1. The third-order valence-corrected chi connectivity index (χ3v) is 1.89. The lowest BCUT2D eigenvalue weighted by Gasteiger charge is -1.96. The molecule has 0 atom stereocenters. The molecular formula is C12H10N. The van der Waals surface area contributed by atoms with E-state index < -0.39 is 0 Å². The van der Waals surface area contributed by atoms with Gasteiger partial charge in [0, 0.05) is 11.5 Å². The minimum absolute atomic E-state index is 0.890. The van der Waals surface area contributed by atoms with E-state index in [0.29, 0.717) is 0 Å². The van der Waals surface area contributed by atoms with Crippen molar-refractivity contribution in [3.63, 3.8) is 0 Å². The molecule has 13 heavy (non-hydrogen) atoms. The smallest absolute Gasteiger partial charge is 0.0713 e. The van der Waals surface area contributed by atoms with E-state index in [1.54, 1.807) is 0 Å². The van der Waals surface area contributed by atoms with Crippen LogP contribution in [0.4, 0.5) is 0 Å². The van der Waals surface area contributed by atoms with Crippen molar-refractivity contribution in [2.75, 3.05) is 0 Å². The summed E-state index contributed by atoms with van der Waals surface area (Å²) < 4.78 is 0. The molecule has 0 aliphatic heterocycles. The standard InChI is InChI=1S/C12H10N/c1-2-5-11-9-8-10-6-3-4-7-12(10)13-11/h2-4,6-9H,1H3. The molecule has 2 rings (SSSR count). The van der Waals surface area contributed by atoms with Crippen molar-refractivity contribution in [2.24, 2.45) is 0 Å². The summed E-state index contributed by atoms with van der Waals surface area (Å²) in [5, 5.41) is 1.17. The molecule has 1 radical (unpaired) electrons. The number of hydrogen-bond acceptors (Lipinski definition) is 1. The molecule has 0 aliphatic rings. The Bertz CT molecular complexity index is 444. The van der Waals surface area contributed by atoms with Gasteiger partial charge in [-0.25, -0.2) is 4.98 Å². The van der Waals surface area contributed by atoms with Crippen LogP contribution in [0.1, 0.15) is 12.6 Å². The zero-order valence-corrected chi connectivity index (χ0v) is 7.49. The molecule has 0 bridgehead atoms. The van der Waals surface area contributed by atoms with Gasteiger partial charge < -0.3 is 0 Å². The summed E-state index contributed by atoms with van der Waals surface area (Å²) in [6.45, 7) is 1.94. The third-order valence-electron chi connectivity index (χ3n) is 1.89. The summed E-state index contributed by atoms with van der Waals surface area (Å²) in [6.07, 6.45) is 4.94. The second kappa shape index (κ2) is 3.40. The summed E-state index contributed by atoms with van der Waals surface area (Å²) >= 11 is 0. The van der Waals surface area contributed by atoms with E-state index in [-0.39, 0.29) is 0 Å². The van der Waals surface area contributed by atoms with Crippen molar-refractivity contribution in [3.05, 3.63) is 54.2 Å². The van der Waals surface area contributed by atoms with Gasteiger partial charge in [-0.1, -0.05) is 30.3 Å². The number of hydrogen-bond donors (Lipinski definition) is 0. The van der Waals surface area contributed by atoms with Gasteiger partial charge in [-0.3, -0.25) is 0 Å². The Morgan fingerprint density at radius 2 is 2.00 bits per heavy atom. The first-order chi connectivity index (χ1) is 6.40. The van der Waals surface area contributed by atoms with Gasteiger partial charge in [0.1, 0.15) is 0 Å². The van der Waals surface area contributed by atoms with Gasteiger partial charge in [0.2, 0.25) is 0 Å². The lowest BCUT2D eigenvalue weighted by Crippen LogP contribution is -1.82. The van der Waals surface area contributed by atoms with Gasteiger partial charge in [-0.2, -0.15) is 0 Å². The normalized spacial score (nSPS) is 11.2. The molecule has 0 unspecified atom stereocenters. The lowest BCUT2D eigenvalue weighted by atomic mass is 10.2. The summed E-state index contributed by atoms with van der Waals surface area (Å²) in [7, 11) is 0. The Morgan fingerprint density at radius 3 is 2.85 bits per heavy atom. The zero-order valence-electron chi connectivity index (χ0n) is 7.49. The minimum atomic E-state index is 0.890. The average molecular weight is 168 g/mol. The molecule has 0 saturated carbocycles. The lowest BCUT2D eigenvalue weighted by molar-refractivity contribution is 1.31. The zero-order chi connectivity index (χ0) is 9.10. The Kier molecular flexibility index (Phi) is 2.09. The maximum atomic E-state index is 4.42. The van der Waals surface area contributed by atoms with Crippen LogP contribution in [0.3, 0.4) is 0 Å². The summed E-state index contributed by atoms with van der Waals surface area (Å²) in [4.78, 5) is 4.42. The van der Waals surface area contributed by atoms with E-state index in [0.717, 1.165) is 11.2 Å². The first kappa shape index (κ1) is 7.99. The number of fused-ring (bicyclic) bond motifs is 1. The molecule has 0 fully saturated rings. The predicted molar refractivity (Wildman–Crippen MR) is 54.3 cm³/mol. The van der Waals surface area contributed by atoms with Crippen LogP contribution in [-0.2, 0) is 0 Å².